The Kier molecular flexibility index (Phi) is 4.35. The smallest absolute Gasteiger partial charge is 0.234 e. The molecule has 1 saturated carbocycles. The summed E-state index contributed by atoms with van der Waals surface area (Å²) in [5, 5.41) is 0. The van der Waals surface area contributed by atoms with E-state index in [1.807, 2.05) is 0 Å². The third kappa shape index (κ3) is 3.37. The summed E-state index contributed by atoms with van der Waals surface area (Å²) in [6.45, 7) is 2.99. The van der Waals surface area contributed by atoms with Crippen molar-refractivity contribution in [1.82, 2.24) is 4.31 Å². The average Bonchev–Trinajstić information content (AvgIpc) is 2.52. The minimum absolute atomic E-state index is 0.631. The minimum Gasteiger partial charge on any atom is -0.294 e. The zero-order valence-electron chi connectivity index (χ0n) is 8.40. The van der Waals surface area contributed by atoms with Crippen LogP contribution in [0.1, 0.15) is 32.6 Å². The van der Waals surface area contributed by atoms with Gasteiger partial charge in [-0.05, 0) is 24.7 Å². The Hall–Kier alpha value is 0.0700. The Morgan fingerprint density at radius 3 is 2.54 bits per heavy atom. The molecule has 0 amide bonds. The predicted molar refractivity (Wildman–Crippen MR) is 54.5 cm³/mol. The molecule has 0 spiro atoms. The summed E-state index contributed by atoms with van der Waals surface area (Å²) < 4.78 is 21.0. The molecule has 1 N–H and O–H groups in total. The maximum absolute atomic E-state index is 10.7. The fourth-order valence-corrected chi connectivity index (χ4v) is 2.48. The van der Waals surface area contributed by atoms with Crippen molar-refractivity contribution in [3.63, 3.8) is 0 Å². The molecule has 1 fully saturated rings. The van der Waals surface area contributed by atoms with E-state index in [9.17, 15) is 4.21 Å². The molecule has 0 heterocycles. The third-order valence-electron chi connectivity index (χ3n) is 3.01. The topological polar surface area (TPSA) is 40.5 Å². The number of hydrogen-bond acceptors (Lipinski definition) is 1. The van der Waals surface area contributed by atoms with E-state index in [4.69, 9.17) is 4.55 Å². The Bertz CT molecular complexity index is 186. The van der Waals surface area contributed by atoms with Crippen LogP contribution in [0.3, 0.4) is 0 Å². The van der Waals surface area contributed by atoms with Crippen LogP contribution in [0.5, 0.6) is 0 Å². The zero-order valence-corrected chi connectivity index (χ0v) is 9.22. The first-order valence-electron chi connectivity index (χ1n) is 4.95. The number of rotatable bonds is 4. The predicted octanol–water partition coefficient (Wildman–Crippen LogP) is 1.88. The Labute approximate surface area is 82.9 Å². The fraction of sp³-hybridized carbons (Fsp3) is 1.00. The summed E-state index contributed by atoms with van der Waals surface area (Å²) in [6.07, 6.45) is 5.01. The van der Waals surface area contributed by atoms with Gasteiger partial charge in [0.25, 0.3) is 0 Å². The van der Waals surface area contributed by atoms with E-state index in [1.165, 1.54) is 30.0 Å². The van der Waals surface area contributed by atoms with Gasteiger partial charge in [-0.2, -0.15) is 0 Å². The summed E-state index contributed by atoms with van der Waals surface area (Å²) in [5.74, 6) is 1.48. The number of hydrogen-bond donors (Lipinski definition) is 1. The van der Waals surface area contributed by atoms with Gasteiger partial charge in [0.2, 0.25) is 11.3 Å². The van der Waals surface area contributed by atoms with Crippen molar-refractivity contribution in [2.75, 3.05) is 13.6 Å². The molecular weight excluding hydrogens is 186 g/mol. The highest BCUT2D eigenvalue weighted by atomic mass is 32.2. The summed E-state index contributed by atoms with van der Waals surface area (Å²) in [7, 11) is 1.70. The Morgan fingerprint density at radius 1 is 1.46 bits per heavy atom. The SMILES string of the molecule is CCC1CCC(CN(C)S(=O)O)C1. The highest BCUT2D eigenvalue weighted by molar-refractivity contribution is 7.76. The standard InChI is InChI=1S/C9H19NO2S/c1-3-8-4-5-9(6-8)7-10(2)13(11)12/h8-9H,3-7H2,1-2H3,(H,11,12). The molecule has 0 saturated heterocycles. The molecule has 78 valence electrons. The molecule has 3 unspecified atom stereocenters. The first kappa shape index (κ1) is 11.1. The van der Waals surface area contributed by atoms with Gasteiger partial charge in [0.05, 0.1) is 0 Å². The zero-order chi connectivity index (χ0) is 9.84. The van der Waals surface area contributed by atoms with Gasteiger partial charge in [0.1, 0.15) is 0 Å². The second-order valence-corrected chi connectivity index (χ2v) is 5.08. The first-order chi connectivity index (χ1) is 6.13. The minimum atomic E-state index is -1.79. The molecule has 0 bridgehead atoms. The largest absolute Gasteiger partial charge is 0.294 e. The first-order valence-corrected chi connectivity index (χ1v) is 6.02. The van der Waals surface area contributed by atoms with E-state index in [0.29, 0.717) is 5.92 Å². The fourth-order valence-electron chi connectivity index (χ4n) is 2.14. The van der Waals surface area contributed by atoms with Crippen molar-refractivity contribution >= 4 is 11.3 Å². The van der Waals surface area contributed by atoms with Crippen molar-refractivity contribution in [2.45, 2.75) is 32.6 Å². The molecule has 3 nitrogen and oxygen atoms in total. The van der Waals surface area contributed by atoms with Gasteiger partial charge >= 0.3 is 0 Å². The summed E-state index contributed by atoms with van der Waals surface area (Å²) in [6, 6.07) is 0. The van der Waals surface area contributed by atoms with E-state index in [2.05, 4.69) is 6.92 Å². The van der Waals surface area contributed by atoms with Crippen LogP contribution in [-0.2, 0) is 11.3 Å². The lowest BCUT2D eigenvalue weighted by Gasteiger charge is -2.16. The van der Waals surface area contributed by atoms with E-state index in [0.717, 1.165) is 12.5 Å². The molecule has 0 aromatic rings. The van der Waals surface area contributed by atoms with Crippen LogP contribution in [0.2, 0.25) is 0 Å². The normalized spacial score (nSPS) is 31.1. The van der Waals surface area contributed by atoms with Gasteiger partial charge in [0.15, 0.2) is 0 Å². The van der Waals surface area contributed by atoms with Gasteiger partial charge in [-0.3, -0.25) is 4.55 Å². The monoisotopic (exact) mass is 205 g/mol. The van der Waals surface area contributed by atoms with Crippen molar-refractivity contribution < 1.29 is 8.76 Å². The van der Waals surface area contributed by atoms with Crippen molar-refractivity contribution in [2.24, 2.45) is 11.8 Å². The molecule has 13 heavy (non-hydrogen) atoms. The van der Waals surface area contributed by atoms with Gasteiger partial charge in [-0.1, -0.05) is 19.8 Å². The second kappa shape index (κ2) is 5.08. The number of nitrogens with zero attached hydrogens (tertiary/aromatic N) is 1. The molecule has 1 aliphatic carbocycles. The van der Waals surface area contributed by atoms with Crippen LogP contribution in [-0.4, -0.2) is 26.7 Å². The third-order valence-corrected chi connectivity index (χ3v) is 3.69. The van der Waals surface area contributed by atoms with Gasteiger partial charge < -0.3 is 0 Å². The van der Waals surface area contributed by atoms with E-state index < -0.39 is 11.3 Å². The molecule has 1 rings (SSSR count). The average molecular weight is 205 g/mol. The lowest BCUT2D eigenvalue weighted by Crippen LogP contribution is -2.26. The van der Waals surface area contributed by atoms with Crippen LogP contribution in [0.25, 0.3) is 0 Å². The summed E-state index contributed by atoms with van der Waals surface area (Å²) in [5.41, 5.74) is 0. The quantitative estimate of drug-likeness (QED) is 0.712. The summed E-state index contributed by atoms with van der Waals surface area (Å²) >= 11 is -1.79. The highest BCUT2D eigenvalue weighted by Gasteiger charge is 2.25. The molecule has 0 aromatic heterocycles. The van der Waals surface area contributed by atoms with Crippen molar-refractivity contribution in [3.05, 3.63) is 0 Å². The molecule has 4 heteroatoms. The van der Waals surface area contributed by atoms with E-state index in [-0.39, 0.29) is 0 Å². The van der Waals surface area contributed by atoms with Gasteiger partial charge in [-0.15, -0.1) is 0 Å². The second-order valence-electron chi connectivity index (χ2n) is 3.99. The Morgan fingerprint density at radius 2 is 2.08 bits per heavy atom. The van der Waals surface area contributed by atoms with Crippen LogP contribution < -0.4 is 0 Å². The van der Waals surface area contributed by atoms with Crippen LogP contribution >= 0.6 is 0 Å². The summed E-state index contributed by atoms with van der Waals surface area (Å²) in [4.78, 5) is 0. The van der Waals surface area contributed by atoms with Crippen molar-refractivity contribution in [1.29, 1.82) is 0 Å². The van der Waals surface area contributed by atoms with Crippen LogP contribution in [0, 0.1) is 11.8 Å². The van der Waals surface area contributed by atoms with E-state index in [1.54, 1.807) is 7.05 Å². The highest BCUT2D eigenvalue weighted by Crippen LogP contribution is 2.33. The maximum Gasteiger partial charge on any atom is 0.234 e. The lowest BCUT2D eigenvalue weighted by atomic mass is 10.0. The molecule has 1 aliphatic rings. The van der Waals surface area contributed by atoms with Gasteiger partial charge in [-0.25, -0.2) is 8.51 Å². The molecule has 0 aromatic carbocycles. The van der Waals surface area contributed by atoms with Crippen LogP contribution in [0.4, 0.5) is 0 Å². The van der Waals surface area contributed by atoms with Crippen LogP contribution in [0.15, 0.2) is 0 Å². The van der Waals surface area contributed by atoms with E-state index >= 15 is 0 Å². The van der Waals surface area contributed by atoms with Gasteiger partial charge in [0, 0.05) is 13.6 Å². The Balaban J connectivity index is 2.27. The molecule has 3 atom stereocenters. The van der Waals surface area contributed by atoms with Crippen molar-refractivity contribution in [3.8, 4) is 0 Å². The molecule has 0 radical (unpaired) electrons. The molecule has 0 aliphatic heterocycles. The molecular formula is C9H19NO2S. The maximum atomic E-state index is 10.7. The lowest BCUT2D eigenvalue weighted by molar-refractivity contribution is 0.367.